The first-order chi connectivity index (χ1) is 10.8. The number of allylic oxidation sites excluding steroid dienone is 1. The van der Waals surface area contributed by atoms with Crippen molar-refractivity contribution in [1.29, 1.82) is 0 Å². The van der Waals surface area contributed by atoms with Crippen LogP contribution < -0.4 is 0 Å². The van der Waals surface area contributed by atoms with Gasteiger partial charge in [-0.25, -0.2) is 0 Å². The molecule has 0 aliphatic carbocycles. The molecule has 0 bridgehead atoms. The third-order valence-corrected chi connectivity index (χ3v) is 4.20. The molecular weight excluding hydrogens is 332 g/mol. The topological polar surface area (TPSA) is 0 Å². The Morgan fingerprint density at radius 1 is 0.636 bits per heavy atom. The van der Waals surface area contributed by atoms with Crippen LogP contribution in [-0.4, -0.2) is 0 Å². The SMILES string of the molecule is Brc1ccc(/C=C/C(c2ccccc2)c2ccccc2)cc1. The standard InChI is InChI=1S/C21H17Br/c22-20-14-11-17(12-15-20)13-16-21(18-7-3-1-4-8-18)19-9-5-2-6-10-19/h1-16,21H/b16-13+. The molecule has 0 saturated heterocycles. The van der Waals surface area contributed by atoms with Crippen LogP contribution in [0.2, 0.25) is 0 Å². The molecule has 0 atom stereocenters. The zero-order valence-electron chi connectivity index (χ0n) is 12.2. The van der Waals surface area contributed by atoms with Crippen molar-refractivity contribution in [3.63, 3.8) is 0 Å². The molecule has 1 heteroatoms. The van der Waals surface area contributed by atoms with Gasteiger partial charge in [-0.05, 0) is 28.8 Å². The lowest BCUT2D eigenvalue weighted by atomic mass is 9.90. The normalized spacial score (nSPS) is 11.2. The Morgan fingerprint density at radius 2 is 1.14 bits per heavy atom. The quantitative estimate of drug-likeness (QED) is 0.519. The van der Waals surface area contributed by atoms with E-state index in [0.717, 1.165) is 4.47 Å². The zero-order valence-corrected chi connectivity index (χ0v) is 13.8. The van der Waals surface area contributed by atoms with Crippen molar-refractivity contribution in [3.8, 4) is 0 Å². The van der Waals surface area contributed by atoms with Crippen molar-refractivity contribution in [2.45, 2.75) is 5.92 Å². The lowest BCUT2D eigenvalue weighted by molar-refractivity contribution is 1.03. The first-order valence-electron chi connectivity index (χ1n) is 7.36. The highest BCUT2D eigenvalue weighted by Gasteiger charge is 2.09. The van der Waals surface area contributed by atoms with E-state index < -0.39 is 0 Å². The van der Waals surface area contributed by atoms with E-state index >= 15 is 0 Å². The van der Waals surface area contributed by atoms with E-state index in [4.69, 9.17) is 0 Å². The van der Waals surface area contributed by atoms with Gasteiger partial charge >= 0.3 is 0 Å². The summed E-state index contributed by atoms with van der Waals surface area (Å²) in [6.07, 6.45) is 4.46. The molecule has 0 fully saturated rings. The summed E-state index contributed by atoms with van der Waals surface area (Å²) >= 11 is 3.47. The Bertz CT molecular complexity index is 688. The van der Waals surface area contributed by atoms with Gasteiger partial charge in [-0.1, -0.05) is 101 Å². The van der Waals surface area contributed by atoms with E-state index in [0.29, 0.717) is 0 Å². The third-order valence-electron chi connectivity index (χ3n) is 3.67. The third kappa shape index (κ3) is 3.75. The molecule has 22 heavy (non-hydrogen) atoms. The summed E-state index contributed by atoms with van der Waals surface area (Å²) in [5.74, 6) is 0.269. The fourth-order valence-electron chi connectivity index (χ4n) is 2.52. The number of hydrogen-bond donors (Lipinski definition) is 0. The average Bonchev–Trinajstić information content (AvgIpc) is 2.59. The second-order valence-corrected chi connectivity index (χ2v) is 6.13. The summed E-state index contributed by atoms with van der Waals surface area (Å²) < 4.78 is 1.10. The second-order valence-electron chi connectivity index (χ2n) is 5.21. The van der Waals surface area contributed by atoms with Crippen molar-refractivity contribution in [2.75, 3.05) is 0 Å². The molecule has 0 heterocycles. The number of benzene rings is 3. The van der Waals surface area contributed by atoms with Crippen molar-refractivity contribution in [3.05, 3.63) is 112 Å². The van der Waals surface area contributed by atoms with Gasteiger partial charge in [-0.2, -0.15) is 0 Å². The summed E-state index contributed by atoms with van der Waals surface area (Å²) in [5.41, 5.74) is 3.82. The first-order valence-corrected chi connectivity index (χ1v) is 8.16. The largest absolute Gasteiger partial charge is 0.0721 e. The molecule has 0 spiro atoms. The Balaban J connectivity index is 1.94. The minimum absolute atomic E-state index is 0.269. The lowest BCUT2D eigenvalue weighted by Crippen LogP contribution is -1.97. The highest BCUT2D eigenvalue weighted by atomic mass is 79.9. The predicted octanol–water partition coefficient (Wildman–Crippen LogP) is 6.29. The maximum atomic E-state index is 3.47. The van der Waals surface area contributed by atoms with Crippen LogP contribution in [-0.2, 0) is 0 Å². The molecule has 0 radical (unpaired) electrons. The van der Waals surface area contributed by atoms with Gasteiger partial charge in [0.05, 0.1) is 0 Å². The van der Waals surface area contributed by atoms with Gasteiger partial charge in [0.15, 0.2) is 0 Å². The molecule has 0 nitrogen and oxygen atoms in total. The molecule has 108 valence electrons. The van der Waals surface area contributed by atoms with Crippen molar-refractivity contribution in [2.24, 2.45) is 0 Å². The van der Waals surface area contributed by atoms with Crippen LogP contribution in [0.3, 0.4) is 0 Å². The monoisotopic (exact) mass is 348 g/mol. The Hall–Kier alpha value is -2.12. The number of hydrogen-bond acceptors (Lipinski definition) is 0. The molecule has 0 saturated carbocycles. The van der Waals surface area contributed by atoms with Crippen molar-refractivity contribution < 1.29 is 0 Å². The van der Waals surface area contributed by atoms with Gasteiger partial charge in [-0.15, -0.1) is 0 Å². The number of halogens is 1. The molecule has 3 aromatic rings. The van der Waals surface area contributed by atoms with Gasteiger partial charge in [0.1, 0.15) is 0 Å². The van der Waals surface area contributed by atoms with Gasteiger partial charge in [0, 0.05) is 10.4 Å². The highest BCUT2D eigenvalue weighted by Crippen LogP contribution is 2.26. The van der Waals surface area contributed by atoms with Gasteiger partial charge < -0.3 is 0 Å². The summed E-state index contributed by atoms with van der Waals surface area (Å²) in [7, 11) is 0. The molecule has 0 aliphatic heterocycles. The molecule has 3 aromatic carbocycles. The Kier molecular flexibility index (Phi) is 4.87. The van der Waals surface area contributed by atoms with Crippen molar-refractivity contribution in [1.82, 2.24) is 0 Å². The van der Waals surface area contributed by atoms with Crippen LogP contribution in [0.25, 0.3) is 6.08 Å². The van der Waals surface area contributed by atoms with E-state index in [-0.39, 0.29) is 5.92 Å². The lowest BCUT2D eigenvalue weighted by Gasteiger charge is -2.14. The average molecular weight is 349 g/mol. The molecule has 0 aliphatic rings. The van der Waals surface area contributed by atoms with Gasteiger partial charge in [-0.3, -0.25) is 0 Å². The minimum atomic E-state index is 0.269. The van der Waals surface area contributed by atoms with Crippen LogP contribution in [0, 0.1) is 0 Å². The van der Waals surface area contributed by atoms with Gasteiger partial charge in [0.2, 0.25) is 0 Å². The van der Waals surface area contributed by atoms with E-state index in [2.05, 4.69) is 113 Å². The molecular formula is C21H17Br. The smallest absolute Gasteiger partial charge is 0.0272 e. The zero-order chi connectivity index (χ0) is 15.2. The summed E-state index contributed by atoms with van der Waals surface area (Å²) in [6.45, 7) is 0. The Morgan fingerprint density at radius 3 is 1.64 bits per heavy atom. The highest BCUT2D eigenvalue weighted by molar-refractivity contribution is 9.10. The van der Waals surface area contributed by atoms with Gasteiger partial charge in [0.25, 0.3) is 0 Å². The predicted molar refractivity (Wildman–Crippen MR) is 97.9 cm³/mol. The molecule has 3 rings (SSSR count). The minimum Gasteiger partial charge on any atom is -0.0721 e. The van der Waals surface area contributed by atoms with Crippen molar-refractivity contribution >= 4 is 22.0 Å². The van der Waals surface area contributed by atoms with E-state index in [1.165, 1.54) is 16.7 Å². The first kappa shape index (κ1) is 14.8. The fraction of sp³-hybridized carbons (Fsp3) is 0.0476. The van der Waals surface area contributed by atoms with Crippen LogP contribution >= 0.6 is 15.9 Å². The van der Waals surface area contributed by atoms with Crippen LogP contribution in [0.15, 0.2) is 95.5 Å². The maximum absolute atomic E-state index is 3.47. The Labute approximate surface area is 140 Å². The van der Waals surface area contributed by atoms with E-state index in [1.54, 1.807) is 0 Å². The van der Waals surface area contributed by atoms with Crippen LogP contribution in [0.1, 0.15) is 22.6 Å². The summed E-state index contributed by atoms with van der Waals surface area (Å²) in [5, 5.41) is 0. The van der Waals surface area contributed by atoms with Crippen LogP contribution in [0.4, 0.5) is 0 Å². The molecule has 0 N–H and O–H groups in total. The molecule has 0 aromatic heterocycles. The van der Waals surface area contributed by atoms with Crippen LogP contribution in [0.5, 0.6) is 0 Å². The van der Waals surface area contributed by atoms with E-state index in [9.17, 15) is 0 Å². The summed E-state index contributed by atoms with van der Waals surface area (Å²) in [4.78, 5) is 0. The maximum Gasteiger partial charge on any atom is 0.0272 e. The van der Waals surface area contributed by atoms with E-state index in [1.807, 2.05) is 0 Å². The molecule has 0 unspecified atom stereocenters. The molecule has 0 amide bonds. The second kappa shape index (κ2) is 7.24. The fourth-order valence-corrected chi connectivity index (χ4v) is 2.78. The number of rotatable bonds is 4. The summed E-state index contributed by atoms with van der Waals surface area (Å²) in [6, 6.07) is 29.6.